The molecule has 0 saturated heterocycles. The molecule has 37 heavy (non-hydrogen) atoms. The van der Waals surface area contributed by atoms with Crippen molar-refractivity contribution in [3.63, 3.8) is 0 Å². The summed E-state index contributed by atoms with van der Waals surface area (Å²) in [5, 5.41) is 55.3. The topological polar surface area (TPSA) is 261 Å². The summed E-state index contributed by atoms with van der Waals surface area (Å²) >= 11 is 0. The lowest BCUT2D eigenvalue weighted by atomic mass is 9.84. The zero-order valence-electron chi connectivity index (χ0n) is 19.6. The highest BCUT2D eigenvalue weighted by Crippen LogP contribution is 2.24. The predicted octanol–water partition coefficient (Wildman–Crippen LogP) is 2.02. The Morgan fingerprint density at radius 1 is 0.541 bits per heavy atom. The monoisotopic (exact) mass is 530 g/mol. The number of carboxylic acid groups (broad SMARTS) is 7. The molecule has 0 aliphatic heterocycles. The van der Waals surface area contributed by atoms with Gasteiger partial charge < -0.3 is 35.7 Å². The van der Waals surface area contributed by atoms with Crippen molar-refractivity contribution in [3.8, 4) is 0 Å². The van der Waals surface area contributed by atoms with Gasteiger partial charge in [0.2, 0.25) is 0 Å². The van der Waals surface area contributed by atoms with E-state index in [-0.39, 0.29) is 0 Å². The van der Waals surface area contributed by atoms with Crippen molar-refractivity contribution in [2.45, 2.75) is 12.8 Å². The predicted molar refractivity (Wildman–Crippen MR) is 130 cm³/mol. The number of hydrogen-bond donors (Lipinski definition) is 7. The van der Waals surface area contributed by atoms with E-state index in [0.717, 1.165) is 30.4 Å². The number of carboxylic acids is 7. The second-order valence-electron chi connectivity index (χ2n) is 5.53. The van der Waals surface area contributed by atoms with E-state index in [2.05, 4.69) is 32.9 Å². The van der Waals surface area contributed by atoms with E-state index in [1.807, 2.05) is 0 Å². The minimum absolute atomic E-state index is 0.419. The summed E-state index contributed by atoms with van der Waals surface area (Å²) in [6.07, 6.45) is 8.42. The summed E-state index contributed by atoms with van der Waals surface area (Å²) in [4.78, 5) is 67.4. The lowest BCUT2D eigenvalue weighted by Gasteiger charge is -2.19. The number of hydrogen-bond acceptors (Lipinski definition) is 7. The van der Waals surface area contributed by atoms with Crippen molar-refractivity contribution in [3.05, 3.63) is 75.4 Å². The second kappa shape index (κ2) is 28.8. The molecule has 0 spiro atoms. The second-order valence-corrected chi connectivity index (χ2v) is 5.53. The molecule has 0 heterocycles. The molecular weight excluding hydrogens is 500 g/mol. The molecule has 0 aromatic carbocycles. The average molecular weight is 530 g/mol. The third-order valence-electron chi connectivity index (χ3n) is 2.90. The van der Waals surface area contributed by atoms with E-state index in [0.29, 0.717) is 12.8 Å². The minimum atomic E-state index is -1.06. The molecule has 1 aliphatic rings. The van der Waals surface area contributed by atoms with Crippen LogP contribution in [0, 0.1) is 11.8 Å². The van der Waals surface area contributed by atoms with Crippen molar-refractivity contribution in [2.75, 3.05) is 0 Å². The first-order valence-corrected chi connectivity index (χ1v) is 9.37. The third-order valence-corrected chi connectivity index (χ3v) is 2.90. The lowest BCUT2D eigenvalue weighted by Crippen LogP contribution is -2.30. The third kappa shape index (κ3) is 45.0. The molecule has 0 aromatic rings. The SMILES string of the molecule is C=CC(=O)O.C=CC(=O)O.C=CC(=O)O.C=CC(=O)O.C=CC(=O)O.O=C(O)C1C=CCCC1C(=O)O. The standard InChI is InChI=1S/C8H10O4.5C3H4O2/c9-7(10)5-3-1-2-4-6(5)8(11)12;5*1-2-3(4)5/h1,3,5-6H,2,4H2,(H,9,10)(H,11,12);5*2H,1H2,(H,4,5). The molecule has 0 bridgehead atoms. The highest BCUT2D eigenvalue weighted by Gasteiger charge is 2.32. The molecule has 0 aromatic heterocycles. The van der Waals surface area contributed by atoms with Gasteiger partial charge in [0.05, 0.1) is 11.8 Å². The van der Waals surface area contributed by atoms with Gasteiger partial charge in [0, 0.05) is 30.4 Å². The van der Waals surface area contributed by atoms with E-state index in [9.17, 15) is 33.6 Å². The van der Waals surface area contributed by atoms with Gasteiger partial charge in [-0.1, -0.05) is 45.0 Å². The molecule has 0 fully saturated rings. The molecule has 0 radical (unpaired) electrons. The number of rotatable bonds is 7. The molecule has 14 nitrogen and oxygen atoms in total. The van der Waals surface area contributed by atoms with Crippen LogP contribution in [0.2, 0.25) is 0 Å². The van der Waals surface area contributed by atoms with Crippen LogP contribution in [0.1, 0.15) is 12.8 Å². The number of aliphatic carboxylic acids is 7. The Labute approximate surface area is 211 Å². The molecular formula is C23H30O14. The molecule has 2 unspecified atom stereocenters. The molecule has 14 heteroatoms. The fourth-order valence-electron chi connectivity index (χ4n) is 1.36. The normalized spacial score (nSPS) is 13.5. The Kier molecular flexibility index (Phi) is 32.6. The smallest absolute Gasteiger partial charge is 0.327 e. The summed E-state index contributed by atoms with van der Waals surface area (Å²) in [5.41, 5.74) is 0. The molecule has 0 amide bonds. The van der Waals surface area contributed by atoms with E-state index in [1.165, 1.54) is 6.08 Å². The van der Waals surface area contributed by atoms with Crippen LogP contribution in [0.15, 0.2) is 75.4 Å². The van der Waals surface area contributed by atoms with E-state index < -0.39 is 53.6 Å². The van der Waals surface area contributed by atoms with Crippen LogP contribution in [-0.2, 0) is 33.6 Å². The van der Waals surface area contributed by atoms with Gasteiger partial charge in [0.25, 0.3) is 0 Å². The zero-order valence-corrected chi connectivity index (χ0v) is 19.6. The van der Waals surface area contributed by atoms with Crippen LogP contribution in [0.4, 0.5) is 0 Å². The summed E-state index contributed by atoms with van der Waals surface area (Å²) in [5.74, 6) is -8.59. The van der Waals surface area contributed by atoms with Crippen LogP contribution in [-0.4, -0.2) is 77.5 Å². The number of carbonyl (C=O) groups is 7. The van der Waals surface area contributed by atoms with E-state index >= 15 is 0 Å². The Bertz CT molecular complexity index is 747. The minimum Gasteiger partial charge on any atom is -0.481 e. The van der Waals surface area contributed by atoms with Gasteiger partial charge in [-0.3, -0.25) is 9.59 Å². The van der Waals surface area contributed by atoms with Crippen molar-refractivity contribution in [1.29, 1.82) is 0 Å². The van der Waals surface area contributed by atoms with Gasteiger partial charge in [-0.25, -0.2) is 24.0 Å². The van der Waals surface area contributed by atoms with Crippen molar-refractivity contribution >= 4 is 41.8 Å². The van der Waals surface area contributed by atoms with Crippen molar-refractivity contribution in [2.24, 2.45) is 11.8 Å². The lowest BCUT2D eigenvalue weighted by molar-refractivity contribution is -0.152. The van der Waals surface area contributed by atoms with Gasteiger partial charge in [0.15, 0.2) is 0 Å². The highest BCUT2D eigenvalue weighted by molar-refractivity contribution is 5.82. The Morgan fingerprint density at radius 3 is 0.919 bits per heavy atom. The average Bonchev–Trinajstić information content (AvgIpc) is 2.85. The maximum Gasteiger partial charge on any atom is 0.327 e. The van der Waals surface area contributed by atoms with Gasteiger partial charge >= 0.3 is 41.8 Å². The van der Waals surface area contributed by atoms with Gasteiger partial charge in [-0.15, -0.1) is 0 Å². The van der Waals surface area contributed by atoms with Crippen LogP contribution in [0.5, 0.6) is 0 Å². The number of allylic oxidation sites excluding steroid dienone is 1. The maximum absolute atomic E-state index is 10.6. The highest BCUT2D eigenvalue weighted by atomic mass is 16.4. The summed E-state index contributed by atoms with van der Waals surface area (Å²) in [6, 6.07) is 0. The van der Waals surface area contributed by atoms with Crippen LogP contribution in [0.25, 0.3) is 0 Å². The summed E-state index contributed by atoms with van der Waals surface area (Å²) in [6.45, 7) is 14.8. The molecule has 2 atom stereocenters. The molecule has 1 aliphatic carbocycles. The van der Waals surface area contributed by atoms with Crippen LogP contribution in [0.3, 0.4) is 0 Å². The largest absolute Gasteiger partial charge is 0.481 e. The maximum atomic E-state index is 10.6. The molecule has 7 N–H and O–H groups in total. The van der Waals surface area contributed by atoms with E-state index in [4.69, 9.17) is 35.7 Å². The molecule has 206 valence electrons. The van der Waals surface area contributed by atoms with Crippen molar-refractivity contribution in [1.82, 2.24) is 0 Å². The Morgan fingerprint density at radius 2 is 0.784 bits per heavy atom. The van der Waals surface area contributed by atoms with Gasteiger partial charge in [-0.2, -0.15) is 0 Å². The quantitative estimate of drug-likeness (QED) is 0.183. The van der Waals surface area contributed by atoms with Gasteiger partial charge in [0.1, 0.15) is 0 Å². The summed E-state index contributed by atoms with van der Waals surface area (Å²) < 4.78 is 0. The Hall–Kier alpha value is -5.27. The Balaban J connectivity index is -0.000000118. The molecule has 1 rings (SSSR count). The fourth-order valence-corrected chi connectivity index (χ4v) is 1.36. The van der Waals surface area contributed by atoms with Crippen molar-refractivity contribution < 1.29 is 69.3 Å². The summed E-state index contributed by atoms with van der Waals surface area (Å²) in [7, 11) is 0. The van der Waals surface area contributed by atoms with Crippen LogP contribution >= 0.6 is 0 Å². The zero-order chi connectivity index (χ0) is 30.6. The van der Waals surface area contributed by atoms with Crippen LogP contribution < -0.4 is 0 Å². The van der Waals surface area contributed by atoms with Gasteiger partial charge in [-0.05, 0) is 12.8 Å². The first-order chi connectivity index (χ1) is 17.0. The van der Waals surface area contributed by atoms with E-state index in [1.54, 1.807) is 6.08 Å². The first kappa shape index (κ1) is 41.9. The first-order valence-electron chi connectivity index (χ1n) is 9.37. The molecule has 0 saturated carbocycles. The fraction of sp³-hybridized carbons (Fsp3) is 0.174.